The maximum absolute atomic E-state index is 11.1. The number of fused-ring (bicyclic) bond motifs is 1. The molecule has 0 spiro atoms. The van der Waals surface area contributed by atoms with E-state index in [1.165, 1.54) is 11.1 Å². The van der Waals surface area contributed by atoms with Crippen molar-refractivity contribution >= 4 is 5.97 Å². The van der Waals surface area contributed by atoms with Crippen LogP contribution in [0.25, 0.3) is 11.1 Å². The minimum absolute atomic E-state index is 0.245. The Balaban J connectivity index is 1.49. The van der Waals surface area contributed by atoms with Gasteiger partial charge in [0.05, 0.1) is 12.2 Å². The summed E-state index contributed by atoms with van der Waals surface area (Å²) < 4.78 is 12.0. The zero-order valence-corrected chi connectivity index (χ0v) is 17.4. The van der Waals surface area contributed by atoms with Crippen LogP contribution in [0.4, 0.5) is 0 Å². The number of aryl methyl sites for hydroxylation is 1. The smallest absolute Gasteiger partial charge is 0.335 e. The summed E-state index contributed by atoms with van der Waals surface area (Å²) in [5, 5.41) is 9.07. The molecule has 0 saturated carbocycles. The highest BCUT2D eigenvalue weighted by Crippen LogP contribution is 2.37. The summed E-state index contributed by atoms with van der Waals surface area (Å²) in [5.41, 5.74) is 4.56. The molecule has 154 valence electrons. The van der Waals surface area contributed by atoms with Crippen molar-refractivity contribution in [3.8, 4) is 22.6 Å². The van der Waals surface area contributed by atoms with Crippen LogP contribution in [0, 0.1) is 0 Å². The molecule has 1 aliphatic rings. The van der Waals surface area contributed by atoms with Crippen molar-refractivity contribution in [2.45, 2.75) is 38.7 Å². The lowest BCUT2D eigenvalue weighted by molar-refractivity contribution is 0.0653. The van der Waals surface area contributed by atoms with Crippen LogP contribution in [0.3, 0.4) is 0 Å². The highest BCUT2D eigenvalue weighted by molar-refractivity contribution is 5.88. The minimum Gasteiger partial charge on any atom is -0.494 e. The summed E-state index contributed by atoms with van der Waals surface area (Å²) in [5.74, 6) is 0.915. The van der Waals surface area contributed by atoms with Gasteiger partial charge in [0.1, 0.15) is 17.1 Å². The first-order valence-corrected chi connectivity index (χ1v) is 10.3. The van der Waals surface area contributed by atoms with Gasteiger partial charge in [-0.05, 0) is 85.3 Å². The maximum Gasteiger partial charge on any atom is 0.335 e. The molecule has 0 aromatic heterocycles. The predicted molar refractivity (Wildman–Crippen MR) is 118 cm³/mol. The quantitative estimate of drug-likeness (QED) is 0.568. The van der Waals surface area contributed by atoms with Gasteiger partial charge in [0.15, 0.2) is 0 Å². The van der Waals surface area contributed by atoms with Crippen LogP contribution in [-0.4, -0.2) is 23.3 Å². The van der Waals surface area contributed by atoms with Gasteiger partial charge >= 0.3 is 5.97 Å². The SMILES string of the molecule is CCOc1ccc(C[C@@]2(C)CCc3cc(-c4ccc(C(=O)O)cc4)ccc3O2)cc1. The van der Waals surface area contributed by atoms with Crippen LogP contribution in [0.2, 0.25) is 0 Å². The molecule has 30 heavy (non-hydrogen) atoms. The van der Waals surface area contributed by atoms with Crippen LogP contribution in [0.5, 0.6) is 11.5 Å². The average Bonchev–Trinajstić information content (AvgIpc) is 2.75. The average molecular weight is 402 g/mol. The number of benzene rings is 3. The Morgan fingerprint density at radius 1 is 1.03 bits per heavy atom. The molecule has 1 heterocycles. The molecule has 4 nitrogen and oxygen atoms in total. The van der Waals surface area contributed by atoms with E-state index in [0.29, 0.717) is 12.2 Å². The third kappa shape index (κ3) is 4.33. The largest absolute Gasteiger partial charge is 0.494 e. The topological polar surface area (TPSA) is 55.8 Å². The lowest BCUT2D eigenvalue weighted by atomic mass is 9.86. The lowest BCUT2D eigenvalue weighted by Gasteiger charge is -2.36. The van der Waals surface area contributed by atoms with E-state index in [1.807, 2.05) is 43.3 Å². The molecule has 0 aliphatic carbocycles. The Morgan fingerprint density at radius 2 is 1.73 bits per heavy atom. The van der Waals surface area contributed by atoms with Gasteiger partial charge in [-0.15, -0.1) is 0 Å². The fraction of sp³-hybridized carbons (Fsp3) is 0.269. The van der Waals surface area contributed by atoms with Crippen LogP contribution in [0.1, 0.15) is 41.8 Å². The van der Waals surface area contributed by atoms with Crippen molar-refractivity contribution in [2.24, 2.45) is 0 Å². The number of carboxylic acids is 1. The van der Waals surface area contributed by atoms with E-state index < -0.39 is 5.97 Å². The molecule has 0 fully saturated rings. The van der Waals surface area contributed by atoms with Gasteiger partial charge in [-0.2, -0.15) is 0 Å². The zero-order valence-electron chi connectivity index (χ0n) is 17.4. The first kappa shape index (κ1) is 20.0. The number of hydrogen-bond donors (Lipinski definition) is 1. The molecule has 1 N–H and O–H groups in total. The highest BCUT2D eigenvalue weighted by atomic mass is 16.5. The number of carboxylic acid groups (broad SMARTS) is 1. The molecule has 4 heteroatoms. The van der Waals surface area contributed by atoms with Crippen molar-refractivity contribution in [2.75, 3.05) is 6.61 Å². The van der Waals surface area contributed by atoms with Crippen molar-refractivity contribution in [1.82, 2.24) is 0 Å². The Labute approximate surface area is 177 Å². The molecule has 0 saturated heterocycles. The van der Waals surface area contributed by atoms with E-state index >= 15 is 0 Å². The molecular formula is C26H26O4. The fourth-order valence-corrected chi connectivity index (χ4v) is 4.00. The second-order valence-corrected chi connectivity index (χ2v) is 8.01. The highest BCUT2D eigenvalue weighted by Gasteiger charge is 2.32. The molecule has 0 amide bonds. The first-order valence-electron chi connectivity index (χ1n) is 10.3. The monoisotopic (exact) mass is 402 g/mol. The molecule has 0 bridgehead atoms. The molecule has 1 atom stereocenters. The molecule has 1 aliphatic heterocycles. The predicted octanol–water partition coefficient (Wildman–Crippen LogP) is 5.78. The van der Waals surface area contributed by atoms with Gasteiger partial charge in [-0.25, -0.2) is 4.79 Å². The molecule has 4 rings (SSSR count). The fourth-order valence-electron chi connectivity index (χ4n) is 4.00. The van der Waals surface area contributed by atoms with Crippen LogP contribution < -0.4 is 9.47 Å². The lowest BCUT2D eigenvalue weighted by Crippen LogP contribution is -2.38. The summed E-state index contributed by atoms with van der Waals surface area (Å²) >= 11 is 0. The van der Waals surface area contributed by atoms with Crippen molar-refractivity contribution in [1.29, 1.82) is 0 Å². The molecule has 0 unspecified atom stereocenters. The summed E-state index contributed by atoms with van der Waals surface area (Å²) in [7, 11) is 0. The van der Waals surface area contributed by atoms with Gasteiger partial charge in [-0.3, -0.25) is 0 Å². The van der Waals surface area contributed by atoms with Crippen molar-refractivity contribution in [3.63, 3.8) is 0 Å². The summed E-state index contributed by atoms with van der Waals surface area (Å²) in [6.07, 6.45) is 2.73. The van der Waals surface area contributed by atoms with E-state index in [-0.39, 0.29) is 5.60 Å². The summed E-state index contributed by atoms with van der Waals surface area (Å²) in [6.45, 7) is 4.83. The Bertz CT molecular complexity index is 1040. The molecular weight excluding hydrogens is 376 g/mol. The normalized spacial score (nSPS) is 17.7. The Hall–Kier alpha value is -3.27. The zero-order chi connectivity index (χ0) is 21.1. The van der Waals surface area contributed by atoms with E-state index in [9.17, 15) is 4.79 Å². The van der Waals surface area contributed by atoms with E-state index in [4.69, 9.17) is 14.6 Å². The van der Waals surface area contributed by atoms with E-state index in [0.717, 1.165) is 41.9 Å². The summed E-state index contributed by atoms with van der Waals surface area (Å²) in [4.78, 5) is 11.1. The number of rotatable bonds is 6. The Kier molecular flexibility index (Phi) is 5.49. The third-order valence-electron chi connectivity index (χ3n) is 5.62. The number of carbonyl (C=O) groups is 1. The second kappa shape index (κ2) is 8.23. The molecule has 3 aromatic rings. The van der Waals surface area contributed by atoms with E-state index in [1.54, 1.807) is 12.1 Å². The van der Waals surface area contributed by atoms with Gasteiger partial charge in [0, 0.05) is 6.42 Å². The molecule has 3 aromatic carbocycles. The number of aromatic carboxylic acids is 1. The van der Waals surface area contributed by atoms with E-state index in [2.05, 4.69) is 25.1 Å². The van der Waals surface area contributed by atoms with Gasteiger partial charge in [0.2, 0.25) is 0 Å². The van der Waals surface area contributed by atoms with Crippen LogP contribution in [-0.2, 0) is 12.8 Å². The summed E-state index contributed by atoms with van der Waals surface area (Å²) in [6, 6.07) is 21.5. The van der Waals surface area contributed by atoms with Crippen LogP contribution in [0.15, 0.2) is 66.7 Å². The third-order valence-corrected chi connectivity index (χ3v) is 5.62. The number of hydrogen-bond acceptors (Lipinski definition) is 3. The minimum atomic E-state index is -0.910. The first-order chi connectivity index (χ1) is 14.5. The van der Waals surface area contributed by atoms with Crippen LogP contribution >= 0.6 is 0 Å². The maximum atomic E-state index is 11.1. The van der Waals surface area contributed by atoms with Gasteiger partial charge in [-0.1, -0.05) is 30.3 Å². The number of ether oxygens (including phenoxy) is 2. The second-order valence-electron chi connectivity index (χ2n) is 8.01. The van der Waals surface area contributed by atoms with Crippen molar-refractivity contribution in [3.05, 3.63) is 83.4 Å². The van der Waals surface area contributed by atoms with Gasteiger partial charge in [0.25, 0.3) is 0 Å². The van der Waals surface area contributed by atoms with Gasteiger partial charge < -0.3 is 14.6 Å². The standard InChI is InChI=1S/C26H26O4/c1-3-29-23-11-4-18(5-12-23)17-26(2)15-14-22-16-21(10-13-24(22)30-26)19-6-8-20(9-7-19)25(27)28/h4-13,16H,3,14-15,17H2,1-2H3,(H,27,28)/t26-/m1/s1. The Morgan fingerprint density at radius 3 is 2.40 bits per heavy atom. The van der Waals surface area contributed by atoms with Crippen molar-refractivity contribution < 1.29 is 19.4 Å². The molecule has 0 radical (unpaired) electrons.